The molecule has 1 N–H and O–H groups in total. The summed E-state index contributed by atoms with van der Waals surface area (Å²) < 4.78 is 5.53. The Labute approximate surface area is 95.7 Å². The second-order valence-electron chi connectivity index (χ2n) is 2.84. The number of halogens is 1. The number of nitro benzene ring substituents is 1. The van der Waals surface area contributed by atoms with Crippen LogP contribution in [-0.4, -0.2) is 25.2 Å². The Morgan fingerprint density at radius 2 is 2.33 bits per heavy atom. The molecule has 1 aromatic carbocycles. The van der Waals surface area contributed by atoms with Crippen molar-refractivity contribution >= 4 is 27.3 Å². The molecular formula is C9H11BrN2O3. The van der Waals surface area contributed by atoms with E-state index in [0.29, 0.717) is 23.3 Å². The lowest BCUT2D eigenvalue weighted by Crippen LogP contribution is -2.09. The van der Waals surface area contributed by atoms with Crippen LogP contribution in [0.2, 0.25) is 0 Å². The van der Waals surface area contributed by atoms with Crippen molar-refractivity contribution < 1.29 is 9.66 Å². The Kier molecular flexibility index (Phi) is 4.51. The SMILES string of the molecule is COCCNc1ccc(Br)cc1[N+](=O)[O-]. The van der Waals surface area contributed by atoms with Crippen LogP contribution < -0.4 is 5.32 Å². The van der Waals surface area contributed by atoms with Gasteiger partial charge in [0.2, 0.25) is 0 Å². The van der Waals surface area contributed by atoms with Crippen LogP contribution in [0.25, 0.3) is 0 Å². The molecule has 82 valence electrons. The van der Waals surface area contributed by atoms with Crippen molar-refractivity contribution in [3.05, 3.63) is 32.8 Å². The zero-order valence-electron chi connectivity index (χ0n) is 8.20. The summed E-state index contributed by atoms with van der Waals surface area (Å²) in [7, 11) is 1.58. The van der Waals surface area contributed by atoms with Crippen molar-refractivity contribution in [1.29, 1.82) is 0 Å². The average Bonchev–Trinajstić information content (AvgIpc) is 2.20. The molecule has 0 atom stereocenters. The number of nitro groups is 1. The molecule has 0 spiro atoms. The molecule has 15 heavy (non-hydrogen) atoms. The Morgan fingerprint density at radius 1 is 1.60 bits per heavy atom. The van der Waals surface area contributed by atoms with Crippen LogP contribution in [0.1, 0.15) is 0 Å². The minimum absolute atomic E-state index is 0.0560. The molecule has 0 bridgehead atoms. The normalized spacial score (nSPS) is 10.0. The van der Waals surface area contributed by atoms with E-state index in [-0.39, 0.29) is 5.69 Å². The Hall–Kier alpha value is -1.14. The van der Waals surface area contributed by atoms with E-state index < -0.39 is 4.92 Å². The summed E-state index contributed by atoms with van der Waals surface area (Å²) in [5.41, 5.74) is 0.556. The molecule has 0 heterocycles. The second kappa shape index (κ2) is 5.67. The van der Waals surface area contributed by atoms with Gasteiger partial charge < -0.3 is 10.1 Å². The molecule has 1 aromatic rings. The molecule has 0 aliphatic heterocycles. The van der Waals surface area contributed by atoms with Gasteiger partial charge in [-0.15, -0.1) is 0 Å². The second-order valence-corrected chi connectivity index (χ2v) is 3.75. The predicted molar refractivity (Wildman–Crippen MR) is 61.2 cm³/mol. The lowest BCUT2D eigenvalue weighted by atomic mass is 10.2. The highest BCUT2D eigenvalue weighted by Gasteiger charge is 2.13. The Morgan fingerprint density at radius 3 is 2.93 bits per heavy atom. The summed E-state index contributed by atoms with van der Waals surface area (Å²) in [6, 6.07) is 4.88. The third kappa shape index (κ3) is 3.49. The quantitative estimate of drug-likeness (QED) is 0.509. The molecule has 0 unspecified atom stereocenters. The van der Waals surface area contributed by atoms with Crippen molar-refractivity contribution in [3.63, 3.8) is 0 Å². The van der Waals surface area contributed by atoms with Crippen LogP contribution in [-0.2, 0) is 4.74 Å². The highest BCUT2D eigenvalue weighted by Crippen LogP contribution is 2.27. The van der Waals surface area contributed by atoms with Gasteiger partial charge >= 0.3 is 0 Å². The van der Waals surface area contributed by atoms with Gasteiger partial charge in [-0.05, 0) is 12.1 Å². The van der Waals surface area contributed by atoms with E-state index in [1.165, 1.54) is 6.07 Å². The number of nitrogens with zero attached hydrogens (tertiary/aromatic N) is 1. The maximum absolute atomic E-state index is 10.7. The molecule has 0 saturated heterocycles. The third-order valence-corrected chi connectivity index (χ3v) is 2.27. The molecule has 0 saturated carbocycles. The van der Waals surface area contributed by atoms with Gasteiger partial charge in [-0.25, -0.2) is 0 Å². The van der Waals surface area contributed by atoms with Gasteiger partial charge in [0.25, 0.3) is 5.69 Å². The first kappa shape index (κ1) is 11.9. The summed E-state index contributed by atoms with van der Waals surface area (Å²) in [5, 5.41) is 13.7. The molecule has 0 fully saturated rings. The van der Waals surface area contributed by atoms with Crippen molar-refractivity contribution in [2.75, 3.05) is 25.6 Å². The molecule has 0 aliphatic carbocycles. The first-order valence-electron chi connectivity index (χ1n) is 4.32. The van der Waals surface area contributed by atoms with Gasteiger partial charge in [0.1, 0.15) is 5.69 Å². The van der Waals surface area contributed by atoms with E-state index in [9.17, 15) is 10.1 Å². The van der Waals surface area contributed by atoms with Crippen LogP contribution in [0.5, 0.6) is 0 Å². The molecule has 0 aliphatic rings. The Balaban J connectivity index is 2.81. The predicted octanol–water partition coefficient (Wildman–Crippen LogP) is 2.42. The monoisotopic (exact) mass is 274 g/mol. The van der Waals surface area contributed by atoms with Gasteiger partial charge in [-0.1, -0.05) is 15.9 Å². The van der Waals surface area contributed by atoms with Gasteiger partial charge in [0.15, 0.2) is 0 Å². The maximum atomic E-state index is 10.7. The maximum Gasteiger partial charge on any atom is 0.293 e. The lowest BCUT2D eigenvalue weighted by Gasteiger charge is -2.06. The first-order valence-corrected chi connectivity index (χ1v) is 5.11. The van der Waals surface area contributed by atoms with Gasteiger partial charge in [0, 0.05) is 24.2 Å². The van der Waals surface area contributed by atoms with Gasteiger partial charge in [0.05, 0.1) is 11.5 Å². The van der Waals surface area contributed by atoms with Crippen LogP contribution in [0.3, 0.4) is 0 Å². The number of methoxy groups -OCH3 is 1. The van der Waals surface area contributed by atoms with E-state index >= 15 is 0 Å². The topological polar surface area (TPSA) is 64.4 Å². The molecule has 5 nitrogen and oxygen atoms in total. The molecule has 6 heteroatoms. The highest BCUT2D eigenvalue weighted by atomic mass is 79.9. The van der Waals surface area contributed by atoms with Crippen molar-refractivity contribution in [1.82, 2.24) is 0 Å². The van der Waals surface area contributed by atoms with E-state index in [0.717, 1.165) is 0 Å². The summed E-state index contributed by atoms with van der Waals surface area (Å²) in [6.45, 7) is 1.05. The summed E-state index contributed by atoms with van der Waals surface area (Å²) >= 11 is 3.19. The van der Waals surface area contributed by atoms with Crippen molar-refractivity contribution in [2.24, 2.45) is 0 Å². The smallest absolute Gasteiger partial charge is 0.293 e. The van der Waals surface area contributed by atoms with Crippen LogP contribution >= 0.6 is 15.9 Å². The molecule has 0 aromatic heterocycles. The zero-order chi connectivity index (χ0) is 11.3. The number of ether oxygens (including phenoxy) is 1. The lowest BCUT2D eigenvalue weighted by molar-refractivity contribution is -0.384. The minimum atomic E-state index is -0.417. The number of nitrogens with one attached hydrogen (secondary N) is 1. The molecule has 1 rings (SSSR count). The largest absolute Gasteiger partial charge is 0.383 e. The van der Waals surface area contributed by atoms with Crippen LogP contribution in [0.15, 0.2) is 22.7 Å². The fourth-order valence-corrected chi connectivity index (χ4v) is 1.44. The highest BCUT2D eigenvalue weighted by molar-refractivity contribution is 9.10. The standard InChI is InChI=1S/C9H11BrN2O3/c1-15-5-4-11-8-3-2-7(10)6-9(8)12(13)14/h2-3,6,11H,4-5H2,1H3. The number of anilines is 1. The average molecular weight is 275 g/mol. The van der Waals surface area contributed by atoms with Crippen LogP contribution in [0, 0.1) is 10.1 Å². The Bertz CT molecular complexity index is 357. The number of rotatable bonds is 5. The zero-order valence-corrected chi connectivity index (χ0v) is 9.78. The number of benzene rings is 1. The van der Waals surface area contributed by atoms with Gasteiger partial charge in [-0.3, -0.25) is 10.1 Å². The summed E-state index contributed by atoms with van der Waals surface area (Å²) in [6.07, 6.45) is 0. The van der Waals surface area contributed by atoms with E-state index in [2.05, 4.69) is 21.2 Å². The first-order chi connectivity index (χ1) is 7.15. The molecule has 0 amide bonds. The molecule has 0 radical (unpaired) electrons. The van der Waals surface area contributed by atoms with Crippen LogP contribution in [0.4, 0.5) is 11.4 Å². The van der Waals surface area contributed by atoms with Gasteiger partial charge in [-0.2, -0.15) is 0 Å². The molecular weight excluding hydrogens is 264 g/mol. The fourth-order valence-electron chi connectivity index (χ4n) is 1.09. The number of hydrogen-bond acceptors (Lipinski definition) is 4. The van der Waals surface area contributed by atoms with Crippen molar-refractivity contribution in [3.8, 4) is 0 Å². The summed E-state index contributed by atoms with van der Waals surface area (Å²) in [4.78, 5) is 10.3. The number of hydrogen-bond donors (Lipinski definition) is 1. The fraction of sp³-hybridized carbons (Fsp3) is 0.333. The van der Waals surface area contributed by atoms with E-state index in [1.807, 2.05) is 0 Å². The minimum Gasteiger partial charge on any atom is -0.383 e. The van der Waals surface area contributed by atoms with E-state index in [4.69, 9.17) is 4.74 Å². The van der Waals surface area contributed by atoms with Crippen molar-refractivity contribution in [2.45, 2.75) is 0 Å². The third-order valence-electron chi connectivity index (χ3n) is 1.78. The summed E-state index contributed by atoms with van der Waals surface area (Å²) in [5.74, 6) is 0. The van der Waals surface area contributed by atoms with E-state index in [1.54, 1.807) is 19.2 Å².